The second-order valence-corrected chi connectivity index (χ2v) is 13.4. The Morgan fingerprint density at radius 1 is 0.830 bits per heavy atom. The maximum Gasteiger partial charge on any atom is 0.306 e. The van der Waals surface area contributed by atoms with E-state index >= 15 is 0 Å². The fraction of sp³-hybridized carbons (Fsp3) is 0.541. The average molecular weight is 649 g/mol. The van der Waals surface area contributed by atoms with E-state index in [1.54, 1.807) is 0 Å². The molecule has 0 unspecified atom stereocenters. The van der Waals surface area contributed by atoms with E-state index in [1.165, 1.54) is 0 Å². The summed E-state index contributed by atoms with van der Waals surface area (Å²) in [5.41, 5.74) is 13.9. The van der Waals surface area contributed by atoms with Gasteiger partial charge < -0.3 is 27.2 Å². The Morgan fingerprint density at radius 3 is 1.98 bits per heavy atom. The van der Waals surface area contributed by atoms with Crippen LogP contribution < -0.4 is 22.1 Å². The molecule has 0 saturated heterocycles. The van der Waals surface area contributed by atoms with Crippen LogP contribution in [0.4, 0.5) is 0 Å². The van der Waals surface area contributed by atoms with Crippen LogP contribution >= 0.6 is 0 Å². The van der Waals surface area contributed by atoms with E-state index in [9.17, 15) is 29.1 Å². The number of Topliss-reactive ketones (excluding diaryl/α,β-unsaturated/α-hetero) is 2. The molecule has 6 atom stereocenters. The van der Waals surface area contributed by atoms with Gasteiger partial charge in [0.2, 0.25) is 11.8 Å². The number of nitrogens with one attached hydrogen (secondary N) is 2. The number of amides is 2. The van der Waals surface area contributed by atoms with E-state index in [4.69, 9.17) is 11.5 Å². The van der Waals surface area contributed by atoms with Crippen molar-refractivity contribution < 1.29 is 29.1 Å². The standard InChI is InChI=1S/C37H52N4O6/c1-24(2)18-32(34(43)22-27(14-9-17-38)35(44)40-30-16-15-28(21-30)37(46)47)41-36(45)29(19-25-10-5-3-6-11-25)23-33(42)31(39)20-26-12-7-4-8-13-26/h3-8,10-13,24,27-32H,9,14-23,38-39H2,1-2H3,(H,40,44)(H,41,45)(H,46,47)/t27-,28-,29-,30+,31+,32+/m0/s1. The van der Waals surface area contributed by atoms with Gasteiger partial charge in [-0.3, -0.25) is 24.0 Å². The van der Waals surface area contributed by atoms with Gasteiger partial charge in [0.25, 0.3) is 0 Å². The molecule has 1 saturated carbocycles. The van der Waals surface area contributed by atoms with Gasteiger partial charge in [0.1, 0.15) is 0 Å². The molecule has 0 radical (unpaired) electrons. The molecule has 47 heavy (non-hydrogen) atoms. The monoisotopic (exact) mass is 648 g/mol. The van der Waals surface area contributed by atoms with E-state index < -0.39 is 41.7 Å². The highest BCUT2D eigenvalue weighted by Gasteiger charge is 2.34. The number of hydrogen-bond acceptors (Lipinski definition) is 7. The third kappa shape index (κ3) is 12.7. The molecule has 3 rings (SSSR count). The smallest absolute Gasteiger partial charge is 0.306 e. The zero-order valence-corrected chi connectivity index (χ0v) is 27.7. The lowest BCUT2D eigenvalue weighted by Gasteiger charge is -2.26. The van der Waals surface area contributed by atoms with Crippen molar-refractivity contribution in [1.82, 2.24) is 10.6 Å². The summed E-state index contributed by atoms with van der Waals surface area (Å²) in [7, 11) is 0. The van der Waals surface area contributed by atoms with Gasteiger partial charge in [-0.2, -0.15) is 0 Å². The maximum absolute atomic E-state index is 13.9. The van der Waals surface area contributed by atoms with Crippen molar-refractivity contribution in [3.8, 4) is 0 Å². The maximum atomic E-state index is 13.9. The summed E-state index contributed by atoms with van der Waals surface area (Å²) in [5, 5.41) is 15.3. The third-order valence-electron chi connectivity index (χ3n) is 8.97. The van der Waals surface area contributed by atoms with Crippen molar-refractivity contribution in [3.05, 3.63) is 71.8 Å². The fourth-order valence-corrected chi connectivity index (χ4v) is 6.30. The Balaban J connectivity index is 1.73. The number of hydrogen-bond donors (Lipinski definition) is 5. The van der Waals surface area contributed by atoms with Gasteiger partial charge in [-0.1, -0.05) is 74.5 Å². The number of carboxylic acid groups (broad SMARTS) is 1. The molecule has 0 bridgehead atoms. The van der Waals surface area contributed by atoms with Gasteiger partial charge >= 0.3 is 5.97 Å². The van der Waals surface area contributed by atoms with Crippen LogP contribution in [0.5, 0.6) is 0 Å². The Morgan fingerprint density at radius 2 is 1.43 bits per heavy atom. The van der Waals surface area contributed by atoms with Crippen LogP contribution in [-0.4, -0.2) is 59.1 Å². The van der Waals surface area contributed by atoms with Crippen LogP contribution in [0.1, 0.15) is 76.3 Å². The summed E-state index contributed by atoms with van der Waals surface area (Å²) in [6.07, 6.45) is 3.26. The van der Waals surface area contributed by atoms with Gasteiger partial charge in [-0.05, 0) is 75.0 Å². The van der Waals surface area contributed by atoms with Crippen LogP contribution in [0.2, 0.25) is 0 Å². The quantitative estimate of drug-likeness (QED) is 0.144. The Kier molecular flexibility index (Phi) is 15.2. The first-order valence-corrected chi connectivity index (χ1v) is 16.9. The Hall–Kier alpha value is -3.89. The molecule has 10 heteroatoms. The van der Waals surface area contributed by atoms with E-state index in [-0.39, 0.29) is 42.3 Å². The highest BCUT2D eigenvalue weighted by molar-refractivity contribution is 5.94. The Labute approximate surface area is 278 Å². The van der Waals surface area contributed by atoms with Crippen molar-refractivity contribution in [2.75, 3.05) is 6.54 Å². The van der Waals surface area contributed by atoms with Crippen molar-refractivity contribution in [2.45, 2.75) is 96.2 Å². The van der Waals surface area contributed by atoms with E-state index in [0.29, 0.717) is 57.9 Å². The molecule has 0 heterocycles. The van der Waals surface area contributed by atoms with Gasteiger partial charge in [0, 0.05) is 30.7 Å². The second-order valence-electron chi connectivity index (χ2n) is 13.4. The molecule has 0 spiro atoms. The summed E-state index contributed by atoms with van der Waals surface area (Å²) < 4.78 is 0. The van der Waals surface area contributed by atoms with Gasteiger partial charge in [0.05, 0.1) is 18.0 Å². The third-order valence-corrected chi connectivity index (χ3v) is 8.97. The number of carbonyl (C=O) groups excluding carboxylic acids is 4. The number of nitrogens with two attached hydrogens (primary N) is 2. The topological polar surface area (TPSA) is 182 Å². The van der Waals surface area contributed by atoms with Gasteiger partial charge in [0.15, 0.2) is 11.6 Å². The number of carboxylic acids is 1. The zero-order chi connectivity index (χ0) is 34.3. The highest BCUT2D eigenvalue weighted by atomic mass is 16.4. The van der Waals surface area contributed by atoms with E-state index in [0.717, 1.165) is 11.1 Å². The number of benzene rings is 2. The first-order valence-electron chi connectivity index (χ1n) is 16.9. The number of rotatable bonds is 20. The van der Waals surface area contributed by atoms with Gasteiger partial charge in [-0.15, -0.1) is 0 Å². The first-order chi connectivity index (χ1) is 22.5. The molecule has 1 aliphatic carbocycles. The lowest BCUT2D eigenvalue weighted by atomic mass is 9.88. The summed E-state index contributed by atoms with van der Waals surface area (Å²) >= 11 is 0. The van der Waals surface area contributed by atoms with Gasteiger partial charge in [-0.25, -0.2) is 0 Å². The van der Waals surface area contributed by atoms with Crippen LogP contribution in [0.25, 0.3) is 0 Å². The number of carbonyl (C=O) groups is 5. The van der Waals surface area contributed by atoms with Crippen molar-refractivity contribution in [2.24, 2.45) is 35.1 Å². The summed E-state index contributed by atoms with van der Waals surface area (Å²) in [6.45, 7) is 4.27. The van der Waals surface area contributed by atoms with Crippen molar-refractivity contribution in [1.29, 1.82) is 0 Å². The molecule has 0 aliphatic heterocycles. The number of aliphatic carboxylic acids is 1. The minimum atomic E-state index is -0.866. The molecule has 2 amide bonds. The van der Waals surface area contributed by atoms with E-state index in [2.05, 4.69) is 10.6 Å². The molecule has 1 aliphatic rings. The molecule has 256 valence electrons. The van der Waals surface area contributed by atoms with Crippen LogP contribution in [0, 0.1) is 23.7 Å². The zero-order valence-electron chi connectivity index (χ0n) is 27.7. The SMILES string of the molecule is CC(C)C[C@@H](NC(=O)[C@H](CC(=O)[C@H](N)Cc1ccccc1)Cc1ccccc1)C(=O)C[C@H](CCCN)C(=O)N[C@@H]1CC[C@H](C(=O)O)C1. The number of ketones is 2. The molecule has 0 aromatic heterocycles. The summed E-state index contributed by atoms with van der Waals surface area (Å²) in [5.74, 6) is -3.86. The van der Waals surface area contributed by atoms with Crippen LogP contribution in [0.15, 0.2) is 60.7 Å². The minimum absolute atomic E-state index is 0.0699. The molecule has 2 aromatic rings. The molecular weight excluding hydrogens is 596 g/mol. The molecule has 7 N–H and O–H groups in total. The minimum Gasteiger partial charge on any atom is -0.481 e. The lowest BCUT2D eigenvalue weighted by Crippen LogP contribution is -2.47. The fourth-order valence-electron chi connectivity index (χ4n) is 6.30. The van der Waals surface area contributed by atoms with Crippen LogP contribution in [-0.2, 0) is 36.8 Å². The summed E-state index contributed by atoms with van der Waals surface area (Å²) in [4.78, 5) is 65.7. The predicted octanol–water partition coefficient (Wildman–Crippen LogP) is 3.59. The highest BCUT2D eigenvalue weighted by Crippen LogP contribution is 2.27. The average Bonchev–Trinajstić information content (AvgIpc) is 3.51. The largest absolute Gasteiger partial charge is 0.481 e. The van der Waals surface area contributed by atoms with E-state index in [1.807, 2.05) is 74.5 Å². The predicted molar refractivity (Wildman–Crippen MR) is 181 cm³/mol. The lowest BCUT2D eigenvalue weighted by molar-refractivity contribution is -0.141. The molecule has 10 nitrogen and oxygen atoms in total. The van der Waals surface area contributed by atoms with Crippen molar-refractivity contribution in [3.63, 3.8) is 0 Å². The van der Waals surface area contributed by atoms with Crippen molar-refractivity contribution >= 4 is 29.4 Å². The first kappa shape index (κ1) is 37.6. The summed E-state index contributed by atoms with van der Waals surface area (Å²) in [6, 6.07) is 17.0. The molecule has 1 fully saturated rings. The molecule has 2 aromatic carbocycles. The second kappa shape index (κ2) is 19.1. The van der Waals surface area contributed by atoms with Crippen LogP contribution in [0.3, 0.4) is 0 Å². The molecular formula is C37H52N4O6. The Bertz CT molecular complexity index is 1320. The normalized spacial score (nSPS) is 18.6.